The summed E-state index contributed by atoms with van der Waals surface area (Å²) in [7, 11) is 0. The van der Waals surface area contributed by atoms with E-state index in [0.717, 1.165) is 27.9 Å². The minimum atomic E-state index is -1.13. The highest BCUT2D eigenvalue weighted by Crippen LogP contribution is 2.33. The second-order valence-corrected chi connectivity index (χ2v) is 11.6. The van der Waals surface area contributed by atoms with Crippen molar-refractivity contribution in [2.24, 2.45) is 0 Å². The number of piperazine rings is 1. The largest absolute Gasteiger partial charge is 0.480 e. The minimum Gasteiger partial charge on any atom is -0.480 e. The smallest absolute Gasteiger partial charge is 0.414 e. The molecule has 2 N–H and O–H groups in total. The van der Waals surface area contributed by atoms with E-state index in [9.17, 15) is 19.2 Å². The number of halogens is 1. The Balaban J connectivity index is 1.17. The Morgan fingerprint density at radius 2 is 1.76 bits per heavy atom. The molecule has 1 atom stereocenters. The number of carboxylic acid groups (broad SMARTS) is 1. The molecule has 11 nitrogen and oxygen atoms in total. The van der Waals surface area contributed by atoms with Crippen LogP contribution in [0.15, 0.2) is 47.4 Å². The number of amides is 3. The summed E-state index contributed by atoms with van der Waals surface area (Å²) in [6.45, 7) is 3.85. The van der Waals surface area contributed by atoms with Gasteiger partial charge in [0, 0.05) is 38.8 Å². The first kappa shape index (κ1) is 29.3. The van der Waals surface area contributed by atoms with Gasteiger partial charge in [-0.05, 0) is 42.0 Å². The van der Waals surface area contributed by atoms with Crippen LogP contribution in [0, 0.1) is 5.82 Å². The average molecular weight is 614 g/mol. The summed E-state index contributed by atoms with van der Waals surface area (Å²) in [6, 6.07) is 12.4. The molecule has 0 saturated carbocycles. The first-order valence-electron chi connectivity index (χ1n) is 13.2. The second-order valence-electron chi connectivity index (χ2n) is 9.92. The molecule has 3 amide bonds. The molecule has 0 unspecified atom stereocenters. The van der Waals surface area contributed by atoms with E-state index >= 15 is 4.39 Å². The van der Waals surface area contributed by atoms with Gasteiger partial charge in [-0.3, -0.25) is 24.2 Å². The molecule has 42 heavy (non-hydrogen) atoms. The van der Waals surface area contributed by atoms with Crippen LogP contribution in [0.1, 0.15) is 12.5 Å². The highest BCUT2D eigenvalue weighted by Gasteiger charge is 2.34. The fourth-order valence-corrected chi connectivity index (χ4v) is 6.18. The molecule has 3 saturated heterocycles. The standard InChI is InChI=1S/C28H28FN5O6S2/c1-17(35)30-14-21-15-33(27(39)40-21)20-6-7-23(22(29)13-20)32-10-8-31(9-11-32)19-4-2-18(3-5-19)12-24-26(38)34(16-25(36)37)28(41)42-24/h2-7,12-13,21H,8-11,14-16H2,1H3,(H,30,35)(H,36,37)/t21-/m0/s1. The first-order valence-corrected chi connectivity index (χ1v) is 14.4. The van der Waals surface area contributed by atoms with Crippen molar-refractivity contribution in [3.05, 3.63) is 58.8 Å². The van der Waals surface area contributed by atoms with Crippen LogP contribution >= 0.6 is 24.0 Å². The van der Waals surface area contributed by atoms with E-state index in [1.807, 2.05) is 29.2 Å². The number of thiocarbonyl (C=S) groups is 1. The number of hydrogen-bond donors (Lipinski definition) is 2. The van der Waals surface area contributed by atoms with Crippen LogP contribution in [0.3, 0.4) is 0 Å². The minimum absolute atomic E-state index is 0.198. The maximum Gasteiger partial charge on any atom is 0.414 e. The zero-order valence-electron chi connectivity index (χ0n) is 22.6. The van der Waals surface area contributed by atoms with Crippen molar-refractivity contribution < 1.29 is 33.4 Å². The molecular formula is C28H28FN5O6S2. The van der Waals surface area contributed by atoms with Gasteiger partial charge in [-0.15, -0.1) is 0 Å². The van der Waals surface area contributed by atoms with Gasteiger partial charge >= 0.3 is 12.1 Å². The van der Waals surface area contributed by atoms with Crippen molar-refractivity contribution in [1.29, 1.82) is 0 Å². The van der Waals surface area contributed by atoms with Crippen LogP contribution in [0.2, 0.25) is 0 Å². The number of benzene rings is 2. The molecule has 3 heterocycles. The lowest BCUT2D eigenvalue weighted by atomic mass is 10.1. The molecule has 3 aliphatic heterocycles. The van der Waals surface area contributed by atoms with E-state index in [1.165, 1.54) is 17.9 Å². The maximum absolute atomic E-state index is 15.2. The molecule has 2 aromatic rings. The Hall–Kier alpha value is -4.17. The molecule has 5 rings (SSSR count). The van der Waals surface area contributed by atoms with Gasteiger partial charge in [0.25, 0.3) is 5.91 Å². The zero-order valence-corrected chi connectivity index (χ0v) is 24.3. The molecule has 3 aliphatic rings. The van der Waals surface area contributed by atoms with Gasteiger partial charge in [-0.1, -0.05) is 36.1 Å². The number of hydrogen-bond acceptors (Lipinski definition) is 9. The van der Waals surface area contributed by atoms with Gasteiger partial charge in [-0.2, -0.15) is 0 Å². The molecule has 14 heteroatoms. The van der Waals surface area contributed by atoms with Crippen LogP contribution in [-0.2, 0) is 19.1 Å². The third kappa shape index (κ3) is 6.49. The third-order valence-electron chi connectivity index (χ3n) is 7.04. The van der Waals surface area contributed by atoms with Crippen LogP contribution in [0.5, 0.6) is 0 Å². The quantitative estimate of drug-likeness (QED) is 0.340. The first-order chi connectivity index (χ1) is 20.1. The van der Waals surface area contributed by atoms with Gasteiger partial charge in [0.15, 0.2) is 0 Å². The number of aliphatic carboxylic acids is 1. The molecular weight excluding hydrogens is 585 g/mol. The molecule has 0 spiro atoms. The summed E-state index contributed by atoms with van der Waals surface area (Å²) < 4.78 is 20.7. The van der Waals surface area contributed by atoms with E-state index in [-0.39, 0.29) is 23.3 Å². The van der Waals surface area contributed by atoms with E-state index in [4.69, 9.17) is 22.1 Å². The number of carbonyl (C=O) groups is 4. The van der Waals surface area contributed by atoms with Crippen LogP contribution in [0.4, 0.5) is 26.2 Å². The normalized spacial score (nSPS) is 20.0. The Labute approximate surface area is 250 Å². The van der Waals surface area contributed by atoms with Gasteiger partial charge in [0.05, 0.1) is 29.4 Å². The monoisotopic (exact) mass is 613 g/mol. The van der Waals surface area contributed by atoms with Crippen molar-refractivity contribution in [2.75, 3.05) is 60.5 Å². The summed E-state index contributed by atoms with van der Waals surface area (Å²) in [5, 5.41) is 11.6. The Bertz CT molecular complexity index is 1460. The molecule has 0 aliphatic carbocycles. The topological polar surface area (TPSA) is 123 Å². The van der Waals surface area contributed by atoms with Crippen molar-refractivity contribution in [1.82, 2.24) is 10.2 Å². The average Bonchev–Trinajstić information content (AvgIpc) is 3.46. The van der Waals surface area contributed by atoms with Gasteiger partial charge in [-0.25, -0.2) is 9.18 Å². The predicted octanol–water partition coefficient (Wildman–Crippen LogP) is 2.90. The lowest BCUT2D eigenvalue weighted by Gasteiger charge is -2.37. The summed E-state index contributed by atoms with van der Waals surface area (Å²) in [5.74, 6) is -2.19. The lowest BCUT2D eigenvalue weighted by Crippen LogP contribution is -2.46. The van der Waals surface area contributed by atoms with Crippen LogP contribution in [-0.4, -0.2) is 90.1 Å². The third-order valence-corrected chi connectivity index (χ3v) is 8.42. The number of carboxylic acids is 1. The number of nitrogens with zero attached hydrogens (tertiary/aromatic N) is 4. The fraction of sp³-hybridized carbons (Fsp3) is 0.321. The molecule has 2 aromatic carbocycles. The number of rotatable bonds is 8. The summed E-state index contributed by atoms with van der Waals surface area (Å²) in [5.41, 5.74) is 2.63. The lowest BCUT2D eigenvalue weighted by molar-refractivity contribution is -0.140. The predicted molar refractivity (Wildman–Crippen MR) is 161 cm³/mol. The fourth-order valence-electron chi connectivity index (χ4n) is 4.93. The zero-order chi connectivity index (χ0) is 30.0. The van der Waals surface area contributed by atoms with Gasteiger partial charge in [0.2, 0.25) is 5.91 Å². The van der Waals surface area contributed by atoms with Gasteiger partial charge < -0.3 is 25.0 Å². The Morgan fingerprint density at radius 1 is 1.10 bits per heavy atom. The van der Waals surface area contributed by atoms with Crippen molar-refractivity contribution in [3.8, 4) is 0 Å². The molecule has 0 aromatic heterocycles. The second kappa shape index (κ2) is 12.4. The summed E-state index contributed by atoms with van der Waals surface area (Å²) >= 11 is 6.22. The molecule has 0 bridgehead atoms. The number of anilines is 3. The number of thioether (sulfide) groups is 1. The van der Waals surface area contributed by atoms with Crippen molar-refractivity contribution in [3.63, 3.8) is 0 Å². The number of carbonyl (C=O) groups excluding carboxylic acids is 3. The number of nitrogens with one attached hydrogen (secondary N) is 1. The van der Waals surface area contributed by atoms with Crippen molar-refractivity contribution >= 4 is 75.3 Å². The summed E-state index contributed by atoms with van der Waals surface area (Å²) in [6.07, 6.45) is 0.616. The molecule has 220 valence electrons. The van der Waals surface area contributed by atoms with Gasteiger partial charge in [0.1, 0.15) is 22.8 Å². The van der Waals surface area contributed by atoms with Crippen molar-refractivity contribution in [2.45, 2.75) is 13.0 Å². The molecule has 0 radical (unpaired) electrons. The number of ether oxygens (including phenoxy) is 1. The number of cyclic esters (lactones) is 1. The van der Waals surface area contributed by atoms with E-state index in [0.29, 0.717) is 42.5 Å². The maximum atomic E-state index is 15.2. The van der Waals surface area contributed by atoms with E-state index in [1.54, 1.807) is 18.2 Å². The highest BCUT2D eigenvalue weighted by molar-refractivity contribution is 8.26. The Morgan fingerprint density at radius 3 is 2.40 bits per heavy atom. The summed E-state index contributed by atoms with van der Waals surface area (Å²) in [4.78, 5) is 53.9. The van der Waals surface area contributed by atoms with Crippen LogP contribution < -0.4 is 20.0 Å². The van der Waals surface area contributed by atoms with Crippen LogP contribution in [0.25, 0.3) is 6.08 Å². The SMILES string of the molecule is CC(=O)NC[C@H]1CN(c2ccc(N3CCN(c4ccc(C=C5SC(=S)N(CC(=O)O)C5=O)cc4)CC3)c(F)c2)C(=O)O1. The van der Waals surface area contributed by atoms with E-state index in [2.05, 4.69) is 10.2 Å². The highest BCUT2D eigenvalue weighted by atomic mass is 32.2. The molecule has 3 fully saturated rings. The van der Waals surface area contributed by atoms with E-state index < -0.39 is 36.4 Å². The Kier molecular flexibility index (Phi) is 8.64.